The predicted octanol–water partition coefficient (Wildman–Crippen LogP) is 4.13. The Morgan fingerprint density at radius 1 is 1.13 bits per heavy atom. The number of thioether (sulfide) groups is 2. The topological polar surface area (TPSA) is 46.1 Å². The molecule has 0 spiro atoms. The summed E-state index contributed by atoms with van der Waals surface area (Å²) in [7, 11) is 3.52. The lowest BCUT2D eigenvalue weighted by Gasteiger charge is -2.07. The standard InChI is InChI=1S/C16H21N3OS3/c1-11(2)13-7-5-12(6-8-13)9-21-15-17-18-16(23-15)22-10-14(20)19(3)4/h5-8,11H,9-10H2,1-4H3. The van der Waals surface area contributed by atoms with Crippen molar-refractivity contribution in [3.8, 4) is 0 Å². The molecule has 0 saturated heterocycles. The Kier molecular flexibility index (Phi) is 6.92. The van der Waals surface area contributed by atoms with E-state index >= 15 is 0 Å². The van der Waals surface area contributed by atoms with Crippen LogP contribution in [0.3, 0.4) is 0 Å². The van der Waals surface area contributed by atoms with E-state index in [2.05, 4.69) is 48.3 Å². The Labute approximate surface area is 150 Å². The summed E-state index contributed by atoms with van der Waals surface area (Å²) in [5.41, 5.74) is 2.64. The molecule has 0 bridgehead atoms. The highest BCUT2D eigenvalue weighted by atomic mass is 32.2. The number of benzene rings is 1. The molecule has 124 valence electrons. The Bertz CT molecular complexity index is 638. The third kappa shape index (κ3) is 5.82. The first-order valence-electron chi connectivity index (χ1n) is 7.34. The molecule has 0 saturated carbocycles. The summed E-state index contributed by atoms with van der Waals surface area (Å²) < 4.78 is 1.79. The Morgan fingerprint density at radius 2 is 1.74 bits per heavy atom. The molecular formula is C16H21N3OS3. The average Bonchev–Trinajstić information content (AvgIpc) is 2.98. The highest BCUT2D eigenvalue weighted by Crippen LogP contribution is 2.31. The number of nitrogens with zero attached hydrogens (tertiary/aromatic N) is 3. The van der Waals surface area contributed by atoms with Crippen LogP contribution in [0.1, 0.15) is 30.9 Å². The van der Waals surface area contributed by atoms with Gasteiger partial charge in [-0.1, -0.05) is 73.0 Å². The molecule has 1 aromatic heterocycles. The highest BCUT2D eigenvalue weighted by Gasteiger charge is 2.10. The van der Waals surface area contributed by atoms with Crippen LogP contribution < -0.4 is 0 Å². The van der Waals surface area contributed by atoms with E-state index in [-0.39, 0.29) is 5.91 Å². The molecule has 0 unspecified atom stereocenters. The van der Waals surface area contributed by atoms with Gasteiger partial charge in [-0.3, -0.25) is 4.79 Å². The predicted molar refractivity (Wildman–Crippen MR) is 99.4 cm³/mol. The molecule has 23 heavy (non-hydrogen) atoms. The van der Waals surface area contributed by atoms with Gasteiger partial charge in [-0.15, -0.1) is 10.2 Å². The minimum Gasteiger partial charge on any atom is -0.348 e. The van der Waals surface area contributed by atoms with Gasteiger partial charge in [0.15, 0.2) is 8.68 Å². The second-order valence-electron chi connectivity index (χ2n) is 5.60. The molecule has 2 rings (SSSR count). The molecule has 4 nitrogen and oxygen atoms in total. The van der Waals surface area contributed by atoms with Crippen LogP contribution in [0.25, 0.3) is 0 Å². The van der Waals surface area contributed by atoms with Gasteiger partial charge in [0, 0.05) is 19.8 Å². The van der Waals surface area contributed by atoms with Crippen LogP contribution in [0.5, 0.6) is 0 Å². The summed E-state index contributed by atoms with van der Waals surface area (Å²) in [5.74, 6) is 1.94. The fraction of sp³-hybridized carbons (Fsp3) is 0.438. The van der Waals surface area contributed by atoms with Gasteiger partial charge in [0.05, 0.1) is 5.75 Å². The third-order valence-corrected chi connectivity index (χ3v) is 6.46. The molecule has 0 radical (unpaired) electrons. The zero-order chi connectivity index (χ0) is 16.8. The van der Waals surface area contributed by atoms with Crippen molar-refractivity contribution in [1.82, 2.24) is 15.1 Å². The molecule has 0 fully saturated rings. The number of amides is 1. The van der Waals surface area contributed by atoms with Crippen LogP contribution in [-0.2, 0) is 10.5 Å². The first-order valence-corrected chi connectivity index (χ1v) is 10.1. The first-order chi connectivity index (χ1) is 11.0. The van der Waals surface area contributed by atoms with Crippen LogP contribution in [0.4, 0.5) is 0 Å². The summed E-state index contributed by atoms with van der Waals surface area (Å²) in [6.45, 7) is 4.40. The van der Waals surface area contributed by atoms with Crippen LogP contribution in [0.2, 0.25) is 0 Å². The zero-order valence-corrected chi connectivity index (χ0v) is 16.2. The van der Waals surface area contributed by atoms with E-state index in [0.717, 1.165) is 14.4 Å². The summed E-state index contributed by atoms with van der Waals surface area (Å²) in [6, 6.07) is 8.73. The van der Waals surface area contributed by atoms with Gasteiger partial charge in [0.25, 0.3) is 0 Å². The molecule has 0 aliphatic rings. The van der Waals surface area contributed by atoms with Gasteiger partial charge in [0.2, 0.25) is 5.91 Å². The number of carbonyl (C=O) groups is 1. The van der Waals surface area contributed by atoms with E-state index in [1.165, 1.54) is 22.9 Å². The molecule has 2 aromatic rings. The maximum absolute atomic E-state index is 11.6. The number of hydrogen-bond donors (Lipinski definition) is 0. The van der Waals surface area contributed by atoms with Crippen LogP contribution in [-0.4, -0.2) is 40.9 Å². The molecule has 0 aliphatic carbocycles. The van der Waals surface area contributed by atoms with E-state index in [0.29, 0.717) is 11.7 Å². The Hall–Kier alpha value is -1.05. The van der Waals surface area contributed by atoms with E-state index in [1.807, 2.05) is 0 Å². The molecule has 0 N–H and O–H groups in total. The first kappa shape index (κ1) is 18.3. The van der Waals surface area contributed by atoms with E-state index in [9.17, 15) is 4.79 Å². The monoisotopic (exact) mass is 367 g/mol. The smallest absolute Gasteiger partial charge is 0.232 e. The molecule has 1 amide bonds. The van der Waals surface area contributed by atoms with Crippen molar-refractivity contribution in [3.05, 3.63) is 35.4 Å². The summed E-state index contributed by atoms with van der Waals surface area (Å²) in [5, 5.41) is 8.32. The highest BCUT2D eigenvalue weighted by molar-refractivity contribution is 8.03. The molecular weight excluding hydrogens is 346 g/mol. The Morgan fingerprint density at radius 3 is 2.30 bits per heavy atom. The fourth-order valence-corrected chi connectivity index (χ4v) is 4.66. The largest absolute Gasteiger partial charge is 0.348 e. The lowest BCUT2D eigenvalue weighted by atomic mass is 10.0. The SMILES string of the molecule is CC(C)c1ccc(CSc2nnc(SCC(=O)N(C)C)s2)cc1. The summed E-state index contributed by atoms with van der Waals surface area (Å²) >= 11 is 4.68. The lowest BCUT2D eigenvalue weighted by molar-refractivity contribution is -0.125. The maximum atomic E-state index is 11.6. The quantitative estimate of drug-likeness (QED) is 0.689. The molecule has 0 atom stereocenters. The normalized spacial score (nSPS) is 11.0. The second-order valence-corrected chi connectivity index (χ2v) is 9.02. The number of aromatic nitrogens is 2. The van der Waals surface area contributed by atoms with Gasteiger partial charge in [-0.05, 0) is 17.0 Å². The minimum atomic E-state index is 0.0876. The molecule has 7 heteroatoms. The molecule has 0 aliphatic heterocycles. The average molecular weight is 368 g/mol. The van der Waals surface area contributed by atoms with Crippen molar-refractivity contribution < 1.29 is 4.79 Å². The maximum Gasteiger partial charge on any atom is 0.232 e. The van der Waals surface area contributed by atoms with Gasteiger partial charge in [-0.2, -0.15) is 0 Å². The van der Waals surface area contributed by atoms with Crippen molar-refractivity contribution in [1.29, 1.82) is 0 Å². The van der Waals surface area contributed by atoms with Crippen LogP contribution in [0, 0.1) is 0 Å². The van der Waals surface area contributed by atoms with Gasteiger partial charge in [-0.25, -0.2) is 0 Å². The van der Waals surface area contributed by atoms with Gasteiger partial charge < -0.3 is 4.90 Å². The third-order valence-electron chi connectivity index (χ3n) is 3.21. The van der Waals surface area contributed by atoms with Crippen LogP contribution >= 0.6 is 34.9 Å². The number of hydrogen-bond acceptors (Lipinski definition) is 6. The van der Waals surface area contributed by atoms with Crippen LogP contribution in [0.15, 0.2) is 32.9 Å². The second kappa shape index (κ2) is 8.70. The summed E-state index contributed by atoms with van der Waals surface area (Å²) in [4.78, 5) is 13.2. The molecule has 1 heterocycles. The van der Waals surface area contributed by atoms with E-state index in [4.69, 9.17) is 0 Å². The van der Waals surface area contributed by atoms with Crippen molar-refractivity contribution in [2.24, 2.45) is 0 Å². The van der Waals surface area contributed by atoms with Crippen molar-refractivity contribution >= 4 is 40.8 Å². The fourth-order valence-electron chi connectivity index (χ4n) is 1.71. The van der Waals surface area contributed by atoms with Crippen molar-refractivity contribution in [3.63, 3.8) is 0 Å². The van der Waals surface area contributed by atoms with E-state index in [1.54, 1.807) is 42.1 Å². The number of rotatable bonds is 7. The zero-order valence-electron chi connectivity index (χ0n) is 13.8. The van der Waals surface area contributed by atoms with Crippen molar-refractivity contribution in [2.45, 2.75) is 34.2 Å². The molecule has 1 aromatic carbocycles. The summed E-state index contributed by atoms with van der Waals surface area (Å²) in [6.07, 6.45) is 0. The van der Waals surface area contributed by atoms with E-state index < -0.39 is 0 Å². The van der Waals surface area contributed by atoms with Gasteiger partial charge >= 0.3 is 0 Å². The van der Waals surface area contributed by atoms with Gasteiger partial charge in [0.1, 0.15) is 0 Å². The number of carbonyl (C=O) groups excluding carboxylic acids is 1. The minimum absolute atomic E-state index is 0.0876. The van der Waals surface area contributed by atoms with Crippen molar-refractivity contribution in [2.75, 3.05) is 19.8 Å². The Balaban J connectivity index is 1.83. The lowest BCUT2D eigenvalue weighted by Crippen LogP contribution is -2.23.